The SMILES string of the molecule is c1ccc(B2c3sc4ccccc4c3N(c3ccccc3)c3c2c2ccccc2n3-c2ccccc2)cc1. The second kappa shape index (κ2) is 8.51. The van der Waals surface area contributed by atoms with Gasteiger partial charge in [0, 0.05) is 26.2 Å². The van der Waals surface area contributed by atoms with E-state index in [9.17, 15) is 0 Å². The van der Waals surface area contributed by atoms with Crippen molar-refractivity contribution in [1.82, 2.24) is 4.57 Å². The summed E-state index contributed by atoms with van der Waals surface area (Å²) in [6.45, 7) is 0.133. The summed E-state index contributed by atoms with van der Waals surface area (Å²) < 4.78 is 5.17. The molecule has 1 aliphatic rings. The Morgan fingerprint density at radius 1 is 0.526 bits per heavy atom. The molecule has 178 valence electrons. The summed E-state index contributed by atoms with van der Waals surface area (Å²) in [5, 5.41) is 2.59. The monoisotopic (exact) mass is 502 g/mol. The zero-order valence-electron chi connectivity index (χ0n) is 20.7. The lowest BCUT2D eigenvalue weighted by Gasteiger charge is -2.35. The highest BCUT2D eigenvalue weighted by atomic mass is 32.1. The van der Waals surface area contributed by atoms with Crippen LogP contribution in [0.1, 0.15) is 0 Å². The summed E-state index contributed by atoms with van der Waals surface area (Å²) in [7, 11) is 0. The third-order valence-electron chi connectivity index (χ3n) is 7.63. The van der Waals surface area contributed by atoms with Crippen LogP contribution in [0.25, 0.3) is 26.7 Å². The number of anilines is 3. The van der Waals surface area contributed by atoms with Crippen LogP contribution in [0.3, 0.4) is 0 Å². The molecule has 8 rings (SSSR count). The van der Waals surface area contributed by atoms with E-state index in [-0.39, 0.29) is 6.71 Å². The molecule has 0 aliphatic carbocycles. The summed E-state index contributed by atoms with van der Waals surface area (Å²) in [5.41, 5.74) is 7.54. The van der Waals surface area contributed by atoms with Crippen molar-refractivity contribution in [3.63, 3.8) is 0 Å². The average molecular weight is 502 g/mol. The van der Waals surface area contributed by atoms with Gasteiger partial charge >= 0.3 is 0 Å². The molecule has 38 heavy (non-hydrogen) atoms. The summed E-state index contributed by atoms with van der Waals surface area (Å²) in [5.74, 6) is 1.22. The van der Waals surface area contributed by atoms with E-state index < -0.39 is 0 Å². The third-order valence-corrected chi connectivity index (χ3v) is 8.86. The summed E-state index contributed by atoms with van der Waals surface area (Å²) in [4.78, 5) is 2.51. The molecule has 0 radical (unpaired) electrons. The molecule has 0 amide bonds. The lowest BCUT2D eigenvalue weighted by molar-refractivity contribution is 1.08. The molecule has 0 N–H and O–H groups in total. The zero-order chi connectivity index (χ0) is 25.1. The number of hydrogen-bond acceptors (Lipinski definition) is 2. The Morgan fingerprint density at radius 3 is 1.84 bits per heavy atom. The van der Waals surface area contributed by atoms with Gasteiger partial charge in [-0.05, 0) is 47.2 Å². The van der Waals surface area contributed by atoms with Gasteiger partial charge in [0.05, 0.1) is 11.2 Å². The second-order valence-corrected chi connectivity index (χ2v) is 10.8. The van der Waals surface area contributed by atoms with Crippen molar-refractivity contribution in [1.29, 1.82) is 0 Å². The maximum Gasteiger partial charge on any atom is 0.262 e. The van der Waals surface area contributed by atoms with E-state index in [0.29, 0.717) is 0 Å². The van der Waals surface area contributed by atoms with Crippen LogP contribution in [-0.2, 0) is 0 Å². The topological polar surface area (TPSA) is 8.17 Å². The van der Waals surface area contributed by atoms with Gasteiger partial charge in [-0.3, -0.25) is 9.47 Å². The van der Waals surface area contributed by atoms with Crippen molar-refractivity contribution in [2.45, 2.75) is 0 Å². The van der Waals surface area contributed by atoms with Crippen LogP contribution in [-0.4, -0.2) is 11.3 Å². The van der Waals surface area contributed by atoms with Gasteiger partial charge in [-0.25, -0.2) is 0 Å². The van der Waals surface area contributed by atoms with Crippen molar-refractivity contribution in [3.05, 3.63) is 140 Å². The van der Waals surface area contributed by atoms with Crippen LogP contribution in [0, 0.1) is 0 Å². The molecule has 0 unspecified atom stereocenters. The Morgan fingerprint density at radius 2 is 1.11 bits per heavy atom. The van der Waals surface area contributed by atoms with Crippen molar-refractivity contribution >= 4 is 71.9 Å². The first kappa shape index (κ1) is 21.5. The number of benzene rings is 5. The minimum atomic E-state index is 0.133. The largest absolute Gasteiger partial charge is 0.296 e. The number of hydrogen-bond donors (Lipinski definition) is 0. The van der Waals surface area contributed by atoms with Crippen LogP contribution in [0.15, 0.2) is 140 Å². The number of aromatic nitrogens is 1. The van der Waals surface area contributed by atoms with Gasteiger partial charge in [0.15, 0.2) is 0 Å². The number of para-hydroxylation sites is 3. The van der Waals surface area contributed by atoms with Crippen LogP contribution in [0.5, 0.6) is 0 Å². The van der Waals surface area contributed by atoms with Gasteiger partial charge in [0.1, 0.15) is 5.82 Å². The fraction of sp³-hybridized carbons (Fsp3) is 0. The first-order valence-corrected chi connectivity index (χ1v) is 13.8. The summed E-state index contributed by atoms with van der Waals surface area (Å²) in [6, 6.07) is 50.4. The van der Waals surface area contributed by atoms with Crippen LogP contribution >= 0.6 is 11.3 Å². The smallest absolute Gasteiger partial charge is 0.262 e. The number of thiophene rings is 1. The Kier molecular flexibility index (Phi) is 4.82. The number of nitrogens with zero attached hydrogens (tertiary/aromatic N) is 2. The van der Waals surface area contributed by atoms with Gasteiger partial charge in [0.2, 0.25) is 0 Å². The first-order chi connectivity index (χ1) is 18.9. The van der Waals surface area contributed by atoms with Crippen molar-refractivity contribution < 1.29 is 0 Å². The van der Waals surface area contributed by atoms with Gasteiger partial charge in [0.25, 0.3) is 6.71 Å². The van der Waals surface area contributed by atoms with Crippen molar-refractivity contribution in [2.24, 2.45) is 0 Å². The fourth-order valence-corrected chi connectivity index (χ4v) is 7.43. The molecule has 0 fully saturated rings. The van der Waals surface area contributed by atoms with E-state index in [4.69, 9.17) is 0 Å². The van der Waals surface area contributed by atoms with Gasteiger partial charge < -0.3 is 0 Å². The summed E-state index contributed by atoms with van der Waals surface area (Å²) in [6.07, 6.45) is 0. The maximum absolute atomic E-state index is 2.51. The molecule has 0 saturated heterocycles. The minimum absolute atomic E-state index is 0.133. The molecule has 7 aromatic rings. The Balaban J connectivity index is 1.59. The quantitative estimate of drug-likeness (QED) is 0.233. The van der Waals surface area contributed by atoms with E-state index >= 15 is 0 Å². The van der Waals surface area contributed by atoms with E-state index in [0.717, 1.165) is 0 Å². The van der Waals surface area contributed by atoms with E-state index in [2.05, 4.69) is 149 Å². The molecule has 0 spiro atoms. The average Bonchev–Trinajstić information content (AvgIpc) is 3.54. The molecule has 5 aromatic carbocycles. The fourth-order valence-electron chi connectivity index (χ4n) is 6.10. The van der Waals surface area contributed by atoms with Crippen molar-refractivity contribution in [3.8, 4) is 5.69 Å². The first-order valence-electron chi connectivity index (χ1n) is 13.0. The number of fused-ring (bicyclic) bond motifs is 6. The van der Waals surface area contributed by atoms with E-state index in [1.807, 2.05) is 11.3 Å². The van der Waals surface area contributed by atoms with E-state index in [1.165, 1.54) is 59.6 Å². The molecule has 1 aliphatic heterocycles. The van der Waals surface area contributed by atoms with Crippen LogP contribution in [0.2, 0.25) is 0 Å². The maximum atomic E-state index is 2.51. The van der Waals surface area contributed by atoms with E-state index in [1.54, 1.807) is 0 Å². The molecule has 2 aromatic heterocycles. The summed E-state index contributed by atoms with van der Waals surface area (Å²) >= 11 is 1.93. The zero-order valence-corrected chi connectivity index (χ0v) is 21.5. The predicted molar refractivity (Wildman–Crippen MR) is 164 cm³/mol. The molecule has 2 nitrogen and oxygen atoms in total. The van der Waals surface area contributed by atoms with Gasteiger partial charge in [-0.2, -0.15) is 0 Å². The molecule has 0 atom stereocenters. The van der Waals surface area contributed by atoms with Gasteiger partial charge in [-0.1, -0.05) is 109 Å². The number of rotatable bonds is 3. The minimum Gasteiger partial charge on any atom is -0.296 e. The highest BCUT2D eigenvalue weighted by molar-refractivity contribution is 7.33. The highest BCUT2D eigenvalue weighted by Crippen LogP contribution is 2.45. The molecular weight excluding hydrogens is 479 g/mol. The van der Waals surface area contributed by atoms with Crippen molar-refractivity contribution in [2.75, 3.05) is 4.90 Å². The molecule has 0 saturated carbocycles. The molecule has 0 bridgehead atoms. The van der Waals surface area contributed by atoms with Crippen LogP contribution in [0.4, 0.5) is 17.2 Å². The second-order valence-electron chi connectivity index (χ2n) is 9.75. The molecule has 3 heterocycles. The third kappa shape index (κ3) is 3.07. The molecular formula is C34H23BN2S. The van der Waals surface area contributed by atoms with Gasteiger partial charge in [-0.15, -0.1) is 11.3 Å². The predicted octanol–water partition coefficient (Wildman–Crippen LogP) is 7.14. The Hall–Kier alpha value is -4.54. The lowest BCUT2D eigenvalue weighted by atomic mass is 9.38. The standard InChI is InChI=1S/C34H23BN2S/c1-4-14-24(15-5-1)35-31-27-20-10-12-22-29(27)36(25-16-6-2-7-17-25)34(31)37(26-18-8-3-9-19-26)32-28-21-11-13-23-30(28)38-33(32)35/h1-23H. The lowest BCUT2D eigenvalue weighted by Crippen LogP contribution is -2.56. The van der Waals surface area contributed by atoms with Crippen LogP contribution < -0.4 is 20.6 Å². The normalized spacial score (nSPS) is 12.6. The Labute approximate surface area is 226 Å². The highest BCUT2D eigenvalue weighted by Gasteiger charge is 2.42. The Bertz CT molecular complexity index is 1920. The molecule has 4 heteroatoms.